The van der Waals surface area contributed by atoms with Crippen molar-refractivity contribution in [1.29, 1.82) is 0 Å². The predicted octanol–water partition coefficient (Wildman–Crippen LogP) is 3.10. The normalized spacial score (nSPS) is 10.2. The highest BCUT2D eigenvalue weighted by Crippen LogP contribution is 2.31. The molecular weight excluding hydrogens is 426 g/mol. The van der Waals surface area contributed by atoms with Gasteiger partial charge in [0.2, 0.25) is 11.6 Å². The third-order valence-electron chi connectivity index (χ3n) is 3.06. The second-order valence-electron chi connectivity index (χ2n) is 4.72. The van der Waals surface area contributed by atoms with E-state index in [0.29, 0.717) is 10.7 Å². The van der Waals surface area contributed by atoms with Crippen molar-refractivity contribution in [1.82, 2.24) is 20.4 Å². The lowest BCUT2D eigenvalue weighted by Gasteiger charge is -2.10. The summed E-state index contributed by atoms with van der Waals surface area (Å²) in [4.78, 5) is 34.6. The van der Waals surface area contributed by atoms with Crippen molar-refractivity contribution in [2.75, 3.05) is 10.7 Å². The molecule has 0 atom stereocenters. The number of nitrogens with zero attached hydrogens (tertiary/aromatic N) is 4. The van der Waals surface area contributed by atoms with Crippen LogP contribution < -0.4 is 16.2 Å². The van der Waals surface area contributed by atoms with Crippen LogP contribution in [0.2, 0.25) is 0 Å². The first-order chi connectivity index (χ1) is 12.5. The van der Waals surface area contributed by atoms with Crippen LogP contribution in [0.15, 0.2) is 46.6 Å². The van der Waals surface area contributed by atoms with Crippen LogP contribution in [-0.2, 0) is 0 Å². The van der Waals surface area contributed by atoms with Gasteiger partial charge >= 0.3 is 5.69 Å². The van der Waals surface area contributed by atoms with Gasteiger partial charge in [0.25, 0.3) is 5.91 Å². The number of halogens is 1. The van der Waals surface area contributed by atoms with E-state index in [9.17, 15) is 14.9 Å². The van der Waals surface area contributed by atoms with Gasteiger partial charge in [0.15, 0.2) is 5.13 Å². The highest BCUT2D eigenvalue weighted by molar-refractivity contribution is 9.10. The van der Waals surface area contributed by atoms with E-state index in [1.165, 1.54) is 11.3 Å². The van der Waals surface area contributed by atoms with Crippen molar-refractivity contribution < 1.29 is 9.72 Å². The van der Waals surface area contributed by atoms with Gasteiger partial charge in [-0.25, -0.2) is 15.0 Å². The van der Waals surface area contributed by atoms with Crippen molar-refractivity contribution >= 4 is 55.6 Å². The molecule has 2 heterocycles. The molecule has 1 aromatic carbocycles. The lowest BCUT2D eigenvalue weighted by molar-refractivity contribution is -0.383. The van der Waals surface area contributed by atoms with E-state index in [0.717, 1.165) is 10.8 Å². The molecule has 0 radical (unpaired) electrons. The van der Waals surface area contributed by atoms with Gasteiger partial charge in [-0.1, -0.05) is 15.9 Å². The standard InChI is InChI=1S/C14H10BrN7O3S/c15-9-3-1-8(2-4-9)13(23)21-20-12-10(22(24)25)11(17-7-18-12)19-14-16-5-6-26-14/h1-7H,(H,21,23)(H2,16,17,18,19,20). The summed E-state index contributed by atoms with van der Waals surface area (Å²) in [6.07, 6.45) is 2.69. The lowest BCUT2D eigenvalue weighted by Crippen LogP contribution is -2.30. The first-order valence-corrected chi connectivity index (χ1v) is 8.69. The third-order valence-corrected chi connectivity index (χ3v) is 4.28. The number of benzene rings is 1. The average molecular weight is 436 g/mol. The summed E-state index contributed by atoms with van der Waals surface area (Å²) < 4.78 is 0.825. The van der Waals surface area contributed by atoms with Crippen LogP contribution in [-0.4, -0.2) is 25.8 Å². The molecule has 0 saturated heterocycles. The van der Waals surface area contributed by atoms with E-state index in [1.54, 1.807) is 35.8 Å². The van der Waals surface area contributed by atoms with E-state index in [4.69, 9.17) is 0 Å². The largest absolute Gasteiger partial charge is 0.355 e. The summed E-state index contributed by atoms with van der Waals surface area (Å²) >= 11 is 4.54. The van der Waals surface area contributed by atoms with Gasteiger partial charge in [-0.2, -0.15) is 0 Å². The highest BCUT2D eigenvalue weighted by Gasteiger charge is 2.24. The number of amides is 1. The average Bonchev–Trinajstić information content (AvgIpc) is 3.13. The van der Waals surface area contributed by atoms with Crippen LogP contribution in [0.1, 0.15) is 10.4 Å². The maximum atomic E-state index is 12.1. The van der Waals surface area contributed by atoms with Crippen molar-refractivity contribution in [2.45, 2.75) is 0 Å². The summed E-state index contributed by atoms with van der Waals surface area (Å²) in [5.41, 5.74) is 4.80. The van der Waals surface area contributed by atoms with Crippen molar-refractivity contribution in [3.8, 4) is 0 Å². The number of rotatable bonds is 6. The van der Waals surface area contributed by atoms with Gasteiger partial charge in [-0.15, -0.1) is 11.3 Å². The second-order valence-corrected chi connectivity index (χ2v) is 6.54. The summed E-state index contributed by atoms with van der Waals surface area (Å²) in [6.45, 7) is 0. The zero-order valence-electron chi connectivity index (χ0n) is 12.8. The second kappa shape index (κ2) is 7.84. The van der Waals surface area contributed by atoms with Gasteiger partial charge in [0.05, 0.1) is 4.92 Å². The van der Waals surface area contributed by atoms with Gasteiger partial charge in [-0.05, 0) is 24.3 Å². The SMILES string of the molecule is O=C(NNc1ncnc(Nc2nccs2)c1[N+](=O)[O-])c1ccc(Br)cc1. The van der Waals surface area contributed by atoms with Crippen molar-refractivity contribution in [3.05, 3.63) is 62.3 Å². The van der Waals surface area contributed by atoms with Gasteiger partial charge in [-0.3, -0.25) is 25.8 Å². The number of nitrogens with one attached hydrogen (secondary N) is 3. The molecule has 0 spiro atoms. The van der Waals surface area contributed by atoms with E-state index in [2.05, 4.69) is 47.1 Å². The molecule has 132 valence electrons. The quantitative estimate of drug-likeness (QED) is 0.396. The molecule has 0 fully saturated rings. The zero-order chi connectivity index (χ0) is 18.5. The van der Waals surface area contributed by atoms with E-state index >= 15 is 0 Å². The monoisotopic (exact) mass is 435 g/mol. The topological polar surface area (TPSA) is 135 Å². The Bertz CT molecular complexity index is 934. The van der Waals surface area contributed by atoms with E-state index in [-0.39, 0.29) is 11.6 Å². The Hall–Kier alpha value is -3.12. The molecule has 0 aliphatic heterocycles. The van der Waals surface area contributed by atoms with Crippen LogP contribution in [0.25, 0.3) is 0 Å². The molecule has 3 rings (SSSR count). The number of carbonyl (C=O) groups excluding carboxylic acids is 1. The van der Waals surface area contributed by atoms with Gasteiger partial charge in [0.1, 0.15) is 6.33 Å². The highest BCUT2D eigenvalue weighted by atomic mass is 79.9. The van der Waals surface area contributed by atoms with Crippen LogP contribution in [0, 0.1) is 10.1 Å². The number of thiazole rings is 1. The fourth-order valence-electron chi connectivity index (χ4n) is 1.91. The summed E-state index contributed by atoms with van der Waals surface area (Å²) in [5.74, 6) is -0.672. The van der Waals surface area contributed by atoms with Crippen LogP contribution in [0.5, 0.6) is 0 Å². The Labute approximate surface area is 159 Å². The number of anilines is 3. The Morgan fingerprint density at radius 3 is 2.54 bits per heavy atom. The summed E-state index contributed by atoms with van der Waals surface area (Å²) in [5, 5.41) is 16.3. The number of carbonyl (C=O) groups is 1. The first-order valence-electron chi connectivity index (χ1n) is 7.02. The molecule has 10 nitrogen and oxygen atoms in total. The van der Waals surface area contributed by atoms with Gasteiger partial charge in [0, 0.05) is 21.6 Å². The minimum Gasteiger partial charge on any atom is -0.310 e. The number of nitro groups is 1. The molecule has 12 heteroatoms. The molecule has 26 heavy (non-hydrogen) atoms. The molecule has 0 aliphatic rings. The summed E-state index contributed by atoms with van der Waals surface area (Å²) in [6, 6.07) is 6.62. The molecule has 2 aromatic heterocycles. The fraction of sp³-hybridized carbons (Fsp3) is 0. The number of hydrogen-bond acceptors (Lipinski definition) is 9. The molecule has 0 saturated carbocycles. The first kappa shape index (κ1) is 17.7. The van der Waals surface area contributed by atoms with Crippen LogP contribution in [0.4, 0.5) is 22.5 Å². The zero-order valence-corrected chi connectivity index (χ0v) is 15.2. The third kappa shape index (κ3) is 4.10. The molecular formula is C14H10BrN7O3S. The minimum atomic E-state index is -0.649. The van der Waals surface area contributed by atoms with E-state index < -0.39 is 16.5 Å². The maximum Gasteiger partial charge on any atom is 0.355 e. The number of aromatic nitrogens is 3. The number of hydrazine groups is 1. The van der Waals surface area contributed by atoms with Crippen molar-refractivity contribution in [2.24, 2.45) is 0 Å². The molecule has 3 aromatic rings. The molecule has 3 N–H and O–H groups in total. The van der Waals surface area contributed by atoms with Crippen LogP contribution >= 0.6 is 27.3 Å². The molecule has 1 amide bonds. The Morgan fingerprint density at radius 2 is 1.88 bits per heavy atom. The maximum absolute atomic E-state index is 12.1. The Balaban J connectivity index is 1.79. The molecule has 0 aliphatic carbocycles. The Morgan fingerprint density at radius 1 is 1.15 bits per heavy atom. The van der Waals surface area contributed by atoms with Crippen LogP contribution in [0.3, 0.4) is 0 Å². The lowest BCUT2D eigenvalue weighted by atomic mass is 10.2. The van der Waals surface area contributed by atoms with Gasteiger partial charge < -0.3 is 5.32 Å². The smallest absolute Gasteiger partial charge is 0.310 e. The number of hydrogen-bond donors (Lipinski definition) is 3. The minimum absolute atomic E-state index is 0.0414. The fourth-order valence-corrected chi connectivity index (χ4v) is 2.70. The Kier molecular flexibility index (Phi) is 5.34. The van der Waals surface area contributed by atoms with Crippen molar-refractivity contribution in [3.63, 3.8) is 0 Å². The summed E-state index contributed by atoms with van der Waals surface area (Å²) in [7, 11) is 0. The predicted molar refractivity (Wildman–Crippen MR) is 99.3 cm³/mol. The van der Waals surface area contributed by atoms with E-state index in [1.807, 2.05) is 0 Å². The molecule has 0 unspecified atom stereocenters. The molecule has 0 bridgehead atoms.